The van der Waals surface area contributed by atoms with Gasteiger partial charge in [-0.05, 0) is 25.8 Å². The lowest BCUT2D eigenvalue weighted by Crippen LogP contribution is -2.54. The van der Waals surface area contributed by atoms with Crippen LogP contribution >= 0.6 is 12.4 Å². The molecule has 0 atom stereocenters. The van der Waals surface area contributed by atoms with Crippen LogP contribution in [-0.4, -0.2) is 24.9 Å². The number of fused-ring (bicyclic) bond motifs is 1. The van der Waals surface area contributed by atoms with Crippen LogP contribution in [0.1, 0.15) is 19.3 Å². The lowest BCUT2D eigenvalue weighted by molar-refractivity contribution is -0.277. The summed E-state index contributed by atoms with van der Waals surface area (Å²) in [5.74, 6) is 0. The molecule has 0 aromatic heterocycles. The van der Waals surface area contributed by atoms with Crippen molar-refractivity contribution in [2.45, 2.75) is 31.0 Å². The van der Waals surface area contributed by atoms with Crippen LogP contribution in [0, 0.1) is 5.41 Å². The molecule has 2 N–H and O–H groups in total. The molecule has 3 fully saturated rings. The van der Waals surface area contributed by atoms with Crippen LogP contribution in [0.15, 0.2) is 0 Å². The molecule has 2 aliphatic heterocycles. The fraction of sp³-hybridized carbons (Fsp3) is 1.00. The van der Waals surface area contributed by atoms with Gasteiger partial charge < -0.3 is 10.5 Å². The summed E-state index contributed by atoms with van der Waals surface area (Å²) in [6.07, 6.45) is -3.34. The summed E-state index contributed by atoms with van der Waals surface area (Å²) in [5, 5.41) is 0. The summed E-state index contributed by atoms with van der Waals surface area (Å²) in [6.45, 7) is 0.668. The minimum atomic E-state index is -4.21. The molecule has 0 unspecified atom stereocenters. The van der Waals surface area contributed by atoms with Crippen LogP contribution in [0.25, 0.3) is 0 Å². The van der Waals surface area contributed by atoms with Crippen LogP contribution in [0.4, 0.5) is 13.2 Å². The first kappa shape index (κ1) is 12.1. The van der Waals surface area contributed by atoms with Crippen molar-refractivity contribution in [2.24, 2.45) is 11.1 Å². The number of hydrogen-bond donors (Lipinski definition) is 1. The van der Waals surface area contributed by atoms with Crippen molar-refractivity contribution in [3.05, 3.63) is 0 Å². The lowest BCUT2D eigenvalue weighted by Gasteiger charge is -2.45. The molecule has 2 heterocycles. The SMILES string of the molecule is Cl.NCCC12COC(C(F)(F)F)(C1)C2. The van der Waals surface area contributed by atoms with Gasteiger partial charge in [0.15, 0.2) is 5.60 Å². The van der Waals surface area contributed by atoms with Crippen LogP contribution in [0.5, 0.6) is 0 Å². The molecule has 1 aliphatic carbocycles. The first-order valence-electron chi connectivity index (χ1n) is 4.34. The second-order valence-corrected chi connectivity index (χ2v) is 4.17. The molecule has 0 spiro atoms. The maximum atomic E-state index is 12.4. The molecule has 2 nitrogen and oxygen atoms in total. The predicted molar refractivity (Wildman–Crippen MR) is 47.3 cm³/mol. The monoisotopic (exact) mass is 231 g/mol. The van der Waals surface area contributed by atoms with Crippen LogP contribution < -0.4 is 5.73 Å². The van der Waals surface area contributed by atoms with E-state index >= 15 is 0 Å². The molecule has 6 heteroatoms. The van der Waals surface area contributed by atoms with Gasteiger partial charge in [0.05, 0.1) is 6.61 Å². The van der Waals surface area contributed by atoms with Gasteiger partial charge in [-0.3, -0.25) is 0 Å². The van der Waals surface area contributed by atoms with Crippen molar-refractivity contribution >= 4 is 12.4 Å². The van der Waals surface area contributed by atoms with Crippen molar-refractivity contribution < 1.29 is 17.9 Å². The van der Waals surface area contributed by atoms with Crippen molar-refractivity contribution in [1.29, 1.82) is 0 Å². The van der Waals surface area contributed by atoms with Gasteiger partial charge in [0.1, 0.15) is 0 Å². The van der Waals surface area contributed by atoms with Gasteiger partial charge in [-0.2, -0.15) is 13.2 Å². The van der Waals surface area contributed by atoms with Gasteiger partial charge >= 0.3 is 6.18 Å². The molecular weight excluding hydrogens is 219 g/mol. The zero-order valence-corrected chi connectivity index (χ0v) is 8.38. The molecular formula is C8H13ClF3NO. The molecule has 14 heavy (non-hydrogen) atoms. The van der Waals surface area contributed by atoms with Crippen molar-refractivity contribution in [3.63, 3.8) is 0 Å². The number of nitrogens with two attached hydrogens (primary N) is 1. The average molecular weight is 232 g/mol. The molecule has 84 valence electrons. The Labute approximate surface area is 86.4 Å². The van der Waals surface area contributed by atoms with E-state index in [-0.39, 0.29) is 37.3 Å². The van der Waals surface area contributed by atoms with E-state index in [0.29, 0.717) is 13.0 Å². The van der Waals surface area contributed by atoms with E-state index in [1.807, 2.05) is 0 Å². The van der Waals surface area contributed by atoms with E-state index in [1.165, 1.54) is 0 Å². The quantitative estimate of drug-likeness (QED) is 0.788. The van der Waals surface area contributed by atoms with E-state index in [0.717, 1.165) is 0 Å². The van der Waals surface area contributed by atoms with Gasteiger partial charge in [-0.1, -0.05) is 0 Å². The molecule has 3 aliphatic rings. The predicted octanol–water partition coefficient (Wildman–Crippen LogP) is 1.87. The van der Waals surface area contributed by atoms with Crippen LogP contribution in [0.2, 0.25) is 0 Å². The Morgan fingerprint density at radius 3 is 2.21 bits per heavy atom. The third-order valence-electron chi connectivity index (χ3n) is 3.17. The van der Waals surface area contributed by atoms with E-state index in [2.05, 4.69) is 0 Å². The Kier molecular flexibility index (Phi) is 2.80. The molecule has 0 aromatic rings. The van der Waals surface area contributed by atoms with Gasteiger partial charge in [0, 0.05) is 5.41 Å². The van der Waals surface area contributed by atoms with Gasteiger partial charge in [-0.25, -0.2) is 0 Å². The van der Waals surface area contributed by atoms with Gasteiger partial charge in [-0.15, -0.1) is 12.4 Å². The zero-order valence-electron chi connectivity index (χ0n) is 7.56. The Bertz CT molecular complexity index is 225. The maximum absolute atomic E-state index is 12.4. The second kappa shape index (κ2) is 3.25. The summed E-state index contributed by atoms with van der Waals surface area (Å²) < 4.78 is 42.2. The Morgan fingerprint density at radius 1 is 1.29 bits per heavy atom. The normalized spacial score (nSPS) is 40.3. The lowest BCUT2D eigenvalue weighted by atomic mass is 9.60. The number of halogens is 4. The van der Waals surface area contributed by atoms with Crippen LogP contribution in [0.3, 0.4) is 0 Å². The highest BCUT2D eigenvalue weighted by molar-refractivity contribution is 5.85. The molecule has 1 saturated carbocycles. The highest BCUT2D eigenvalue weighted by Gasteiger charge is 2.73. The van der Waals surface area contributed by atoms with E-state index in [9.17, 15) is 13.2 Å². The van der Waals surface area contributed by atoms with E-state index < -0.39 is 11.8 Å². The third-order valence-corrected chi connectivity index (χ3v) is 3.17. The smallest absolute Gasteiger partial charge is 0.365 e. The first-order chi connectivity index (χ1) is 5.93. The summed E-state index contributed by atoms with van der Waals surface area (Å²) in [7, 11) is 0. The summed E-state index contributed by atoms with van der Waals surface area (Å²) in [6, 6.07) is 0. The summed E-state index contributed by atoms with van der Waals surface area (Å²) >= 11 is 0. The molecule has 0 amide bonds. The van der Waals surface area contributed by atoms with Gasteiger partial charge in [0.25, 0.3) is 0 Å². The number of alkyl halides is 3. The topological polar surface area (TPSA) is 35.2 Å². The minimum absolute atomic E-state index is 0. The van der Waals surface area contributed by atoms with Gasteiger partial charge in [0.2, 0.25) is 0 Å². The Balaban J connectivity index is 0.000000980. The van der Waals surface area contributed by atoms with Crippen molar-refractivity contribution in [1.82, 2.24) is 0 Å². The Hall–Kier alpha value is -0.0000000000000000555. The highest BCUT2D eigenvalue weighted by Crippen LogP contribution is 2.64. The maximum Gasteiger partial charge on any atom is 0.417 e. The van der Waals surface area contributed by atoms with E-state index in [1.54, 1.807) is 0 Å². The summed E-state index contributed by atoms with van der Waals surface area (Å²) in [5.41, 5.74) is 3.26. The molecule has 2 saturated heterocycles. The van der Waals surface area contributed by atoms with E-state index in [4.69, 9.17) is 10.5 Å². The zero-order chi connectivity index (χ0) is 9.74. The number of hydrogen-bond acceptors (Lipinski definition) is 2. The number of rotatable bonds is 2. The standard InChI is InChI=1S/C8H12F3NO.ClH/c9-8(10,11)7-3-6(4-7,1-2-12)5-13-7;/h1-5,12H2;1H. The molecule has 2 bridgehead atoms. The molecule has 0 aromatic carbocycles. The second-order valence-electron chi connectivity index (χ2n) is 4.17. The third kappa shape index (κ3) is 1.42. The highest BCUT2D eigenvalue weighted by atomic mass is 35.5. The fourth-order valence-electron chi connectivity index (χ4n) is 2.49. The van der Waals surface area contributed by atoms with Crippen molar-refractivity contribution in [2.75, 3.05) is 13.2 Å². The largest absolute Gasteiger partial charge is 0.417 e. The molecule has 0 radical (unpaired) electrons. The average Bonchev–Trinajstić information content (AvgIpc) is 2.40. The van der Waals surface area contributed by atoms with Crippen LogP contribution in [-0.2, 0) is 4.74 Å². The first-order valence-corrected chi connectivity index (χ1v) is 4.34. The number of ether oxygens (including phenoxy) is 1. The molecule has 3 rings (SSSR count). The van der Waals surface area contributed by atoms with Crippen molar-refractivity contribution in [3.8, 4) is 0 Å². The fourth-order valence-corrected chi connectivity index (χ4v) is 2.49. The summed E-state index contributed by atoms with van der Waals surface area (Å²) in [4.78, 5) is 0. The Morgan fingerprint density at radius 2 is 1.86 bits per heavy atom. The minimum Gasteiger partial charge on any atom is -0.365 e.